The van der Waals surface area contributed by atoms with E-state index in [1.54, 1.807) is 43.3 Å². The number of aryl methyl sites for hydroxylation is 1. The number of hydroxylamine groups is 1. The molecule has 0 atom stereocenters. The summed E-state index contributed by atoms with van der Waals surface area (Å²) in [6.45, 7) is 1.76. The van der Waals surface area contributed by atoms with Gasteiger partial charge in [0.15, 0.2) is 0 Å². The zero-order chi connectivity index (χ0) is 19.1. The first-order valence-corrected chi connectivity index (χ1v) is 8.24. The van der Waals surface area contributed by atoms with Crippen LogP contribution in [0.2, 0.25) is 0 Å². The zero-order valence-electron chi connectivity index (χ0n) is 13.7. The number of benzene rings is 2. The van der Waals surface area contributed by atoms with Crippen molar-refractivity contribution in [2.75, 3.05) is 0 Å². The lowest BCUT2D eigenvalue weighted by atomic mass is 10.1. The number of carbonyl (C=O) groups excluding carboxylic acids is 2. The fourth-order valence-electron chi connectivity index (χ4n) is 2.04. The molecule has 2 aromatic carbocycles. The predicted molar refractivity (Wildman–Crippen MR) is 101 cm³/mol. The van der Waals surface area contributed by atoms with Crippen molar-refractivity contribution in [2.45, 2.75) is 6.92 Å². The largest absolute Gasteiger partial charge is 0.507 e. The Morgan fingerprint density at radius 3 is 2.54 bits per heavy atom. The van der Waals surface area contributed by atoms with E-state index in [4.69, 9.17) is 5.21 Å². The van der Waals surface area contributed by atoms with E-state index in [1.165, 1.54) is 17.8 Å². The molecule has 0 bridgehead atoms. The second-order valence-corrected chi connectivity index (χ2v) is 6.21. The Labute approximate surface area is 158 Å². The van der Waals surface area contributed by atoms with Gasteiger partial charge in [-0.15, -0.1) is 0 Å². The average molecular weight is 418 g/mol. The maximum atomic E-state index is 12.1. The van der Waals surface area contributed by atoms with Crippen LogP contribution in [0.1, 0.15) is 27.0 Å². The number of nitrogens with one attached hydrogen (secondary N) is 2. The third-order valence-electron chi connectivity index (χ3n) is 3.37. The monoisotopic (exact) mass is 417 g/mol. The highest BCUT2D eigenvalue weighted by molar-refractivity contribution is 9.10. The molecule has 2 rings (SSSR count). The van der Waals surface area contributed by atoms with Gasteiger partial charge in [0.25, 0.3) is 11.8 Å². The number of hydrogen-bond acceptors (Lipinski definition) is 5. The molecule has 2 aromatic rings. The Bertz CT molecular complexity index is 877. The minimum atomic E-state index is -0.646. The Morgan fingerprint density at radius 1 is 1.19 bits per heavy atom. The van der Waals surface area contributed by atoms with E-state index in [0.29, 0.717) is 22.3 Å². The lowest BCUT2D eigenvalue weighted by Crippen LogP contribution is -2.17. The van der Waals surface area contributed by atoms with Crippen LogP contribution in [0.4, 0.5) is 0 Å². The molecule has 4 N–H and O–H groups in total. The number of hydrazone groups is 1. The molecule has 0 aliphatic rings. The average Bonchev–Trinajstić information content (AvgIpc) is 2.63. The quantitative estimate of drug-likeness (QED) is 0.259. The third kappa shape index (κ3) is 5.27. The van der Waals surface area contributed by atoms with Gasteiger partial charge in [-0.3, -0.25) is 14.8 Å². The molecule has 0 saturated carbocycles. The molecule has 0 aromatic heterocycles. The number of carbonyl (C=O) groups is 2. The first kappa shape index (κ1) is 19.4. The molecule has 0 radical (unpaired) electrons. The summed E-state index contributed by atoms with van der Waals surface area (Å²) in [6, 6.07) is 9.88. The predicted octanol–water partition coefficient (Wildman–Crippen LogP) is 2.75. The van der Waals surface area contributed by atoms with Crippen LogP contribution in [0, 0.1) is 6.92 Å². The van der Waals surface area contributed by atoms with Gasteiger partial charge in [-0.2, -0.15) is 5.10 Å². The molecule has 26 heavy (non-hydrogen) atoms. The lowest BCUT2D eigenvalue weighted by Gasteiger charge is -2.04. The summed E-state index contributed by atoms with van der Waals surface area (Å²) in [5.74, 6) is -0.975. The molecule has 0 heterocycles. The van der Waals surface area contributed by atoms with Crippen molar-refractivity contribution >= 4 is 40.0 Å². The van der Waals surface area contributed by atoms with Gasteiger partial charge in [0.1, 0.15) is 5.75 Å². The minimum Gasteiger partial charge on any atom is -0.507 e. The standard InChI is InChI=1S/C18H16BrN3O4/c1-11-8-15(19)9-14(17(11)24)10-20-21-18(25)13-5-2-12(3-6-13)4-7-16(23)22-26/h2-10,24,26H,1H3,(H,21,25)(H,22,23)/b7-4+,20-10+. The molecule has 0 aliphatic heterocycles. The SMILES string of the molecule is Cc1cc(Br)cc(/C=N/NC(=O)c2ccc(/C=C/C(=O)NO)cc2)c1O. The van der Waals surface area contributed by atoms with E-state index in [2.05, 4.69) is 26.5 Å². The van der Waals surface area contributed by atoms with Gasteiger partial charge in [-0.25, -0.2) is 10.9 Å². The Kier molecular flexibility index (Phi) is 6.65. The number of amides is 2. The normalized spacial score (nSPS) is 11.0. The fourth-order valence-corrected chi connectivity index (χ4v) is 2.63. The van der Waals surface area contributed by atoms with Crippen molar-refractivity contribution in [3.63, 3.8) is 0 Å². The Balaban J connectivity index is 2.02. The lowest BCUT2D eigenvalue weighted by molar-refractivity contribution is -0.124. The molecule has 134 valence electrons. The van der Waals surface area contributed by atoms with Gasteiger partial charge in [-0.1, -0.05) is 28.1 Å². The molecule has 7 nitrogen and oxygen atoms in total. The smallest absolute Gasteiger partial charge is 0.271 e. The van der Waals surface area contributed by atoms with Crippen molar-refractivity contribution in [3.05, 3.63) is 69.2 Å². The van der Waals surface area contributed by atoms with Crippen molar-refractivity contribution < 1.29 is 19.9 Å². The summed E-state index contributed by atoms with van der Waals surface area (Å²) >= 11 is 3.33. The van der Waals surface area contributed by atoms with Crippen LogP contribution in [0.3, 0.4) is 0 Å². The first-order valence-electron chi connectivity index (χ1n) is 7.45. The number of phenols is 1. The van der Waals surface area contributed by atoms with E-state index < -0.39 is 11.8 Å². The summed E-state index contributed by atoms with van der Waals surface area (Å²) in [7, 11) is 0. The Morgan fingerprint density at radius 2 is 1.88 bits per heavy atom. The van der Waals surface area contributed by atoms with Gasteiger partial charge in [-0.05, 0) is 48.4 Å². The molecule has 0 saturated heterocycles. The fraction of sp³-hybridized carbons (Fsp3) is 0.0556. The molecule has 0 fully saturated rings. The van der Waals surface area contributed by atoms with Crippen LogP contribution >= 0.6 is 15.9 Å². The first-order chi connectivity index (χ1) is 12.4. The minimum absolute atomic E-state index is 0.0919. The summed E-state index contributed by atoms with van der Waals surface area (Å²) in [5, 5.41) is 22.2. The van der Waals surface area contributed by atoms with Gasteiger partial charge >= 0.3 is 0 Å². The van der Waals surface area contributed by atoms with E-state index >= 15 is 0 Å². The summed E-state index contributed by atoms with van der Waals surface area (Å²) in [5.41, 5.74) is 6.08. The van der Waals surface area contributed by atoms with Crippen molar-refractivity contribution in [2.24, 2.45) is 5.10 Å². The topological polar surface area (TPSA) is 111 Å². The van der Waals surface area contributed by atoms with Gasteiger partial charge < -0.3 is 5.11 Å². The highest BCUT2D eigenvalue weighted by Gasteiger charge is 2.06. The maximum Gasteiger partial charge on any atom is 0.271 e. The van der Waals surface area contributed by atoms with Crippen molar-refractivity contribution in [1.29, 1.82) is 0 Å². The Hall–Kier alpha value is -2.97. The second kappa shape index (κ2) is 8.93. The molecule has 0 aliphatic carbocycles. The van der Waals surface area contributed by atoms with Crippen LogP contribution in [-0.2, 0) is 4.79 Å². The maximum absolute atomic E-state index is 12.1. The number of halogens is 1. The van der Waals surface area contributed by atoms with Crippen LogP contribution in [-0.4, -0.2) is 28.3 Å². The van der Waals surface area contributed by atoms with Crippen LogP contribution in [0.15, 0.2) is 52.0 Å². The summed E-state index contributed by atoms with van der Waals surface area (Å²) in [4.78, 5) is 23.0. The van der Waals surface area contributed by atoms with E-state index in [0.717, 1.165) is 10.5 Å². The highest BCUT2D eigenvalue weighted by Crippen LogP contribution is 2.25. The van der Waals surface area contributed by atoms with E-state index in [1.807, 2.05) is 0 Å². The number of nitrogens with zero attached hydrogens (tertiary/aromatic N) is 1. The van der Waals surface area contributed by atoms with Crippen LogP contribution in [0.25, 0.3) is 6.08 Å². The molecular formula is C18H16BrN3O4. The number of aromatic hydroxyl groups is 1. The zero-order valence-corrected chi connectivity index (χ0v) is 15.3. The van der Waals surface area contributed by atoms with Gasteiger partial charge in [0.2, 0.25) is 0 Å². The highest BCUT2D eigenvalue weighted by atomic mass is 79.9. The molecule has 2 amide bonds. The van der Waals surface area contributed by atoms with Gasteiger partial charge in [0.05, 0.1) is 6.21 Å². The third-order valence-corrected chi connectivity index (χ3v) is 3.83. The van der Waals surface area contributed by atoms with Crippen molar-refractivity contribution in [3.8, 4) is 5.75 Å². The van der Waals surface area contributed by atoms with Crippen molar-refractivity contribution in [1.82, 2.24) is 10.9 Å². The van der Waals surface area contributed by atoms with Gasteiger partial charge in [0, 0.05) is 21.7 Å². The summed E-state index contributed by atoms with van der Waals surface area (Å²) < 4.78 is 0.791. The summed E-state index contributed by atoms with van der Waals surface area (Å²) in [6.07, 6.45) is 4.01. The number of hydrogen-bond donors (Lipinski definition) is 4. The van der Waals surface area contributed by atoms with Crippen LogP contribution in [0.5, 0.6) is 5.75 Å². The number of phenolic OH excluding ortho intramolecular Hbond substituents is 1. The molecule has 0 unspecified atom stereocenters. The van der Waals surface area contributed by atoms with E-state index in [-0.39, 0.29) is 5.75 Å². The number of rotatable bonds is 5. The second-order valence-electron chi connectivity index (χ2n) is 5.29. The molecule has 8 heteroatoms. The van der Waals surface area contributed by atoms with Crippen LogP contribution < -0.4 is 10.9 Å². The molecular weight excluding hydrogens is 402 g/mol. The van der Waals surface area contributed by atoms with E-state index in [9.17, 15) is 14.7 Å². The molecule has 0 spiro atoms.